The van der Waals surface area contributed by atoms with Crippen LogP contribution in [0.3, 0.4) is 0 Å². The zero-order chi connectivity index (χ0) is 18.3. The van der Waals surface area contributed by atoms with Crippen LogP contribution in [0.2, 0.25) is 0 Å². The van der Waals surface area contributed by atoms with E-state index in [1.807, 2.05) is 0 Å². The fourth-order valence-electron chi connectivity index (χ4n) is 3.35. The second-order valence-electron chi connectivity index (χ2n) is 6.59. The van der Waals surface area contributed by atoms with Gasteiger partial charge in [-0.3, -0.25) is 0 Å². The first-order valence-corrected chi connectivity index (χ1v) is 8.56. The summed E-state index contributed by atoms with van der Waals surface area (Å²) in [5, 5.41) is 8.59. The van der Waals surface area contributed by atoms with Gasteiger partial charge in [0.1, 0.15) is 5.75 Å². The van der Waals surface area contributed by atoms with Gasteiger partial charge in [0.15, 0.2) is 0 Å². The molecule has 2 rings (SSSR count). The number of carbonyl (C=O) groups is 1. The number of carboxylic acid groups (broad SMARTS) is 1. The molecule has 0 bridgehead atoms. The van der Waals surface area contributed by atoms with Crippen molar-refractivity contribution in [2.75, 3.05) is 0 Å². The Bertz CT molecular complexity index is 571. The Morgan fingerprint density at radius 3 is 2.28 bits per heavy atom. The molecule has 0 saturated heterocycles. The third-order valence-corrected chi connectivity index (χ3v) is 4.69. The van der Waals surface area contributed by atoms with E-state index in [9.17, 15) is 18.0 Å². The number of rotatable bonds is 7. The standard InChI is InChI=1S/C19H23F3O3/c20-19(21,22)25-17-12-10-16(11-13-17)9-8-15-6-4-14(5-7-15)2-1-3-18(23)24/h1,3,10-15H,2,4-9H2,(H,23,24)/b3-1+. The molecular weight excluding hydrogens is 333 g/mol. The number of ether oxygens (including phenoxy) is 1. The third kappa shape index (κ3) is 7.63. The molecule has 1 aliphatic carbocycles. The van der Waals surface area contributed by atoms with E-state index >= 15 is 0 Å². The second-order valence-corrected chi connectivity index (χ2v) is 6.59. The second kappa shape index (κ2) is 8.92. The zero-order valence-corrected chi connectivity index (χ0v) is 14.0. The van der Waals surface area contributed by atoms with Crippen LogP contribution >= 0.6 is 0 Å². The van der Waals surface area contributed by atoms with Gasteiger partial charge >= 0.3 is 12.3 Å². The van der Waals surface area contributed by atoms with Crippen LogP contribution in [0.1, 0.15) is 44.1 Å². The van der Waals surface area contributed by atoms with Gasteiger partial charge in [0.25, 0.3) is 0 Å². The minimum Gasteiger partial charge on any atom is -0.478 e. The highest BCUT2D eigenvalue weighted by molar-refractivity contribution is 5.79. The molecular formula is C19H23F3O3. The SMILES string of the molecule is O=C(O)/C=C/CC1CCC(CCc2ccc(OC(F)(F)F)cc2)CC1. The zero-order valence-electron chi connectivity index (χ0n) is 14.0. The molecule has 138 valence electrons. The van der Waals surface area contributed by atoms with E-state index in [0.29, 0.717) is 11.8 Å². The van der Waals surface area contributed by atoms with Gasteiger partial charge in [0.05, 0.1) is 0 Å². The van der Waals surface area contributed by atoms with Gasteiger partial charge in [0, 0.05) is 6.08 Å². The highest BCUT2D eigenvalue weighted by atomic mass is 19.4. The van der Waals surface area contributed by atoms with Crippen molar-refractivity contribution in [1.29, 1.82) is 0 Å². The van der Waals surface area contributed by atoms with Crippen LogP contribution in [0.25, 0.3) is 0 Å². The largest absolute Gasteiger partial charge is 0.573 e. The first kappa shape index (κ1) is 19.3. The molecule has 1 saturated carbocycles. The van der Waals surface area contributed by atoms with Crippen molar-refractivity contribution in [3.05, 3.63) is 42.0 Å². The molecule has 0 radical (unpaired) electrons. The molecule has 1 fully saturated rings. The number of aliphatic carboxylic acids is 1. The van der Waals surface area contributed by atoms with Crippen LogP contribution in [0.15, 0.2) is 36.4 Å². The smallest absolute Gasteiger partial charge is 0.478 e. The molecule has 0 aromatic heterocycles. The highest BCUT2D eigenvalue weighted by Crippen LogP contribution is 2.33. The van der Waals surface area contributed by atoms with Crippen molar-refractivity contribution < 1.29 is 27.8 Å². The number of benzene rings is 1. The summed E-state index contributed by atoms with van der Waals surface area (Å²) in [4.78, 5) is 10.5. The summed E-state index contributed by atoms with van der Waals surface area (Å²) >= 11 is 0. The number of hydrogen-bond acceptors (Lipinski definition) is 2. The first-order chi connectivity index (χ1) is 11.8. The summed E-state index contributed by atoms with van der Waals surface area (Å²) in [5.74, 6) is 0.1000. The quantitative estimate of drug-likeness (QED) is 0.670. The van der Waals surface area contributed by atoms with Crippen molar-refractivity contribution in [3.8, 4) is 5.75 Å². The average Bonchev–Trinajstić information content (AvgIpc) is 2.54. The molecule has 0 unspecified atom stereocenters. The predicted octanol–water partition coefficient (Wildman–Crippen LogP) is 5.36. The van der Waals surface area contributed by atoms with Crippen LogP contribution in [-0.4, -0.2) is 17.4 Å². The van der Waals surface area contributed by atoms with E-state index in [2.05, 4.69) is 4.74 Å². The number of alkyl halides is 3. The van der Waals surface area contributed by atoms with Crippen LogP contribution in [0.5, 0.6) is 5.75 Å². The molecule has 0 heterocycles. The monoisotopic (exact) mass is 356 g/mol. The van der Waals surface area contributed by atoms with Crippen molar-refractivity contribution in [2.45, 2.75) is 51.3 Å². The molecule has 25 heavy (non-hydrogen) atoms. The molecule has 3 nitrogen and oxygen atoms in total. The summed E-state index contributed by atoms with van der Waals surface area (Å²) in [5.41, 5.74) is 1.01. The van der Waals surface area contributed by atoms with E-state index in [1.165, 1.54) is 18.2 Å². The molecule has 0 atom stereocenters. The minimum absolute atomic E-state index is 0.189. The Kier molecular flexibility index (Phi) is 6.91. The molecule has 0 spiro atoms. The minimum atomic E-state index is -4.65. The maximum atomic E-state index is 12.1. The van der Waals surface area contributed by atoms with E-state index in [0.717, 1.165) is 50.5 Å². The van der Waals surface area contributed by atoms with E-state index < -0.39 is 12.3 Å². The summed E-state index contributed by atoms with van der Waals surface area (Å²) in [6.45, 7) is 0. The van der Waals surface area contributed by atoms with Gasteiger partial charge < -0.3 is 9.84 Å². The lowest BCUT2D eigenvalue weighted by molar-refractivity contribution is -0.274. The lowest BCUT2D eigenvalue weighted by Crippen LogP contribution is -2.17. The number of halogens is 3. The van der Waals surface area contributed by atoms with Crippen molar-refractivity contribution >= 4 is 5.97 Å². The number of allylic oxidation sites excluding steroid dienone is 1. The predicted molar refractivity (Wildman–Crippen MR) is 88.3 cm³/mol. The lowest BCUT2D eigenvalue weighted by Gasteiger charge is -2.27. The van der Waals surface area contributed by atoms with Crippen LogP contribution in [0.4, 0.5) is 13.2 Å². The Hall–Kier alpha value is -1.98. The summed E-state index contributed by atoms with van der Waals surface area (Å²) in [6, 6.07) is 6.08. The normalized spacial score (nSPS) is 21.4. The van der Waals surface area contributed by atoms with Crippen molar-refractivity contribution in [3.63, 3.8) is 0 Å². The van der Waals surface area contributed by atoms with Gasteiger partial charge in [-0.05, 0) is 61.6 Å². The Morgan fingerprint density at radius 1 is 1.12 bits per heavy atom. The van der Waals surface area contributed by atoms with Gasteiger partial charge in [-0.15, -0.1) is 13.2 Å². The third-order valence-electron chi connectivity index (χ3n) is 4.69. The molecule has 0 aliphatic heterocycles. The maximum Gasteiger partial charge on any atom is 0.573 e. The summed E-state index contributed by atoms with van der Waals surface area (Å²) < 4.78 is 40.2. The molecule has 0 amide bonds. The Morgan fingerprint density at radius 2 is 1.72 bits per heavy atom. The molecule has 6 heteroatoms. The van der Waals surface area contributed by atoms with Crippen molar-refractivity contribution in [1.82, 2.24) is 0 Å². The maximum absolute atomic E-state index is 12.1. The molecule has 1 N–H and O–H groups in total. The molecule has 1 aromatic rings. The van der Waals surface area contributed by atoms with Crippen LogP contribution in [-0.2, 0) is 11.2 Å². The van der Waals surface area contributed by atoms with Gasteiger partial charge in [-0.1, -0.05) is 31.1 Å². The fourth-order valence-corrected chi connectivity index (χ4v) is 3.35. The van der Waals surface area contributed by atoms with Crippen molar-refractivity contribution in [2.24, 2.45) is 11.8 Å². The highest BCUT2D eigenvalue weighted by Gasteiger charge is 2.31. The fraction of sp³-hybridized carbons (Fsp3) is 0.526. The van der Waals surface area contributed by atoms with Crippen LogP contribution < -0.4 is 4.74 Å². The number of carboxylic acids is 1. The van der Waals surface area contributed by atoms with Gasteiger partial charge in [-0.2, -0.15) is 0 Å². The van der Waals surface area contributed by atoms with E-state index in [-0.39, 0.29) is 5.75 Å². The van der Waals surface area contributed by atoms with Gasteiger partial charge in [0.2, 0.25) is 0 Å². The Labute approximate surface area is 145 Å². The number of aryl methyl sites for hydroxylation is 1. The topological polar surface area (TPSA) is 46.5 Å². The first-order valence-electron chi connectivity index (χ1n) is 8.56. The summed E-state index contributed by atoms with van der Waals surface area (Å²) in [7, 11) is 0. The Balaban J connectivity index is 1.69. The molecule has 1 aromatic carbocycles. The molecule has 1 aliphatic rings. The summed E-state index contributed by atoms with van der Waals surface area (Å²) in [6.07, 6.45) is 5.44. The lowest BCUT2D eigenvalue weighted by atomic mass is 9.78. The number of hydrogen-bond donors (Lipinski definition) is 1. The van der Waals surface area contributed by atoms with Gasteiger partial charge in [-0.25, -0.2) is 4.79 Å². The van der Waals surface area contributed by atoms with Crippen LogP contribution in [0, 0.1) is 11.8 Å². The average molecular weight is 356 g/mol. The van der Waals surface area contributed by atoms with E-state index in [4.69, 9.17) is 5.11 Å². The van der Waals surface area contributed by atoms with E-state index in [1.54, 1.807) is 18.2 Å².